The smallest absolute Gasteiger partial charge is 0.270 e. The van der Waals surface area contributed by atoms with Gasteiger partial charge in [0.05, 0.1) is 5.69 Å². The highest BCUT2D eigenvalue weighted by Gasteiger charge is 2.21. The topological polar surface area (TPSA) is 70.0 Å². The van der Waals surface area contributed by atoms with Crippen LogP contribution in [0, 0.1) is 13.8 Å². The van der Waals surface area contributed by atoms with E-state index in [9.17, 15) is 9.59 Å². The molecule has 0 spiro atoms. The lowest BCUT2D eigenvalue weighted by molar-refractivity contribution is -0.133. The monoisotopic (exact) mass is 433 g/mol. The number of nitrogens with one attached hydrogen (secondary N) is 1. The number of aryl methyl sites for hydroxylation is 2. The molecule has 0 aliphatic carbocycles. The zero-order valence-electron chi connectivity index (χ0n) is 18.9. The number of benzene rings is 1. The molecule has 1 fully saturated rings. The minimum Gasteiger partial charge on any atom is -0.351 e. The molecule has 7 heteroatoms. The summed E-state index contributed by atoms with van der Waals surface area (Å²) < 4.78 is 1.83. The molecule has 0 saturated carbocycles. The quantitative estimate of drug-likeness (QED) is 0.582. The van der Waals surface area contributed by atoms with E-state index in [1.807, 2.05) is 47.5 Å². The second-order valence-electron chi connectivity index (χ2n) is 8.43. The van der Waals surface area contributed by atoms with Gasteiger partial charge in [-0.3, -0.25) is 18.9 Å². The van der Waals surface area contributed by atoms with Crippen molar-refractivity contribution in [2.45, 2.75) is 33.2 Å². The summed E-state index contributed by atoms with van der Waals surface area (Å²) in [7, 11) is 0. The van der Waals surface area contributed by atoms with Crippen LogP contribution in [0.25, 0.3) is 5.65 Å². The van der Waals surface area contributed by atoms with Crippen molar-refractivity contribution in [2.24, 2.45) is 0 Å². The highest BCUT2D eigenvalue weighted by molar-refractivity contribution is 5.94. The standard InChI is InChI=1S/C25H31N5O2/c1-19-8-7-13-30-23(20(2)27-24(19)30)25(32)26-12-6-11-22(31)29-16-14-28(15-17-29)18-21-9-4-3-5-10-21/h3-5,7-10,13H,6,11-12,14-18H2,1-2H3,(H,26,32). The summed E-state index contributed by atoms with van der Waals surface area (Å²) in [6.45, 7) is 8.54. The van der Waals surface area contributed by atoms with Crippen LogP contribution in [-0.4, -0.2) is 63.7 Å². The van der Waals surface area contributed by atoms with Crippen molar-refractivity contribution in [3.63, 3.8) is 0 Å². The van der Waals surface area contributed by atoms with Gasteiger partial charge in [0, 0.05) is 51.9 Å². The number of imidazole rings is 1. The van der Waals surface area contributed by atoms with Crippen molar-refractivity contribution < 1.29 is 9.59 Å². The van der Waals surface area contributed by atoms with Gasteiger partial charge in [-0.15, -0.1) is 0 Å². The van der Waals surface area contributed by atoms with Gasteiger partial charge in [0.15, 0.2) is 0 Å². The largest absolute Gasteiger partial charge is 0.351 e. The lowest BCUT2D eigenvalue weighted by Crippen LogP contribution is -2.48. The minimum atomic E-state index is -0.150. The molecule has 7 nitrogen and oxygen atoms in total. The molecule has 0 atom stereocenters. The minimum absolute atomic E-state index is 0.150. The molecular weight excluding hydrogens is 402 g/mol. The van der Waals surface area contributed by atoms with E-state index in [1.165, 1.54) is 5.56 Å². The first kappa shape index (κ1) is 22.0. The van der Waals surface area contributed by atoms with E-state index in [2.05, 4.69) is 39.5 Å². The van der Waals surface area contributed by atoms with Crippen LogP contribution in [0.15, 0.2) is 48.7 Å². The molecular formula is C25H31N5O2. The predicted octanol–water partition coefficient (Wildman–Crippen LogP) is 2.81. The Morgan fingerprint density at radius 2 is 1.75 bits per heavy atom. The van der Waals surface area contributed by atoms with Gasteiger partial charge in [0.1, 0.15) is 11.3 Å². The van der Waals surface area contributed by atoms with E-state index in [0.717, 1.165) is 43.9 Å². The van der Waals surface area contributed by atoms with Gasteiger partial charge in [-0.1, -0.05) is 36.4 Å². The summed E-state index contributed by atoms with van der Waals surface area (Å²) in [6.07, 6.45) is 2.94. The summed E-state index contributed by atoms with van der Waals surface area (Å²) in [5.41, 5.74) is 4.41. The molecule has 1 N–H and O–H groups in total. The first-order valence-corrected chi connectivity index (χ1v) is 11.3. The molecule has 1 aromatic carbocycles. The molecule has 168 valence electrons. The van der Waals surface area contributed by atoms with Crippen LogP contribution in [0.5, 0.6) is 0 Å². The fourth-order valence-corrected chi connectivity index (χ4v) is 4.27. The van der Waals surface area contributed by atoms with Gasteiger partial charge in [0.25, 0.3) is 5.91 Å². The summed E-state index contributed by atoms with van der Waals surface area (Å²) in [5, 5.41) is 2.95. The number of fused-ring (bicyclic) bond motifs is 1. The number of carbonyl (C=O) groups is 2. The van der Waals surface area contributed by atoms with Crippen LogP contribution in [0.3, 0.4) is 0 Å². The van der Waals surface area contributed by atoms with Gasteiger partial charge in [-0.05, 0) is 37.5 Å². The van der Waals surface area contributed by atoms with Gasteiger partial charge < -0.3 is 10.2 Å². The summed E-state index contributed by atoms with van der Waals surface area (Å²) in [4.78, 5) is 34.1. The Morgan fingerprint density at radius 3 is 2.50 bits per heavy atom. The highest BCUT2D eigenvalue weighted by Crippen LogP contribution is 2.15. The molecule has 4 rings (SSSR count). The molecule has 1 aliphatic rings. The second kappa shape index (κ2) is 9.96. The van der Waals surface area contributed by atoms with Crippen LogP contribution < -0.4 is 5.32 Å². The van der Waals surface area contributed by atoms with Crippen molar-refractivity contribution in [1.29, 1.82) is 0 Å². The van der Waals surface area contributed by atoms with Crippen molar-refractivity contribution in [3.8, 4) is 0 Å². The molecule has 1 saturated heterocycles. The number of hydrogen-bond acceptors (Lipinski definition) is 4. The number of pyridine rings is 1. The van der Waals surface area contributed by atoms with E-state index in [0.29, 0.717) is 30.8 Å². The first-order valence-electron chi connectivity index (χ1n) is 11.3. The number of piperazine rings is 1. The van der Waals surface area contributed by atoms with Crippen molar-refractivity contribution >= 4 is 17.5 Å². The molecule has 2 amide bonds. The maximum absolute atomic E-state index is 12.7. The lowest BCUT2D eigenvalue weighted by Gasteiger charge is -2.34. The van der Waals surface area contributed by atoms with Crippen LogP contribution >= 0.6 is 0 Å². The van der Waals surface area contributed by atoms with Crippen molar-refractivity contribution in [1.82, 2.24) is 24.5 Å². The Labute approximate surface area is 189 Å². The Hall–Kier alpha value is -3.19. The first-order chi connectivity index (χ1) is 15.5. The van der Waals surface area contributed by atoms with Crippen molar-refractivity contribution in [3.05, 3.63) is 71.2 Å². The molecule has 0 radical (unpaired) electrons. The zero-order chi connectivity index (χ0) is 22.5. The third kappa shape index (κ3) is 4.99. The van der Waals surface area contributed by atoms with E-state index < -0.39 is 0 Å². The summed E-state index contributed by atoms with van der Waals surface area (Å²) in [6, 6.07) is 14.3. The lowest BCUT2D eigenvalue weighted by atomic mass is 10.2. The molecule has 3 aromatic rings. The van der Waals surface area contributed by atoms with Crippen LogP contribution in [0.2, 0.25) is 0 Å². The number of nitrogens with zero attached hydrogens (tertiary/aromatic N) is 4. The molecule has 3 heterocycles. The van der Waals surface area contributed by atoms with E-state index >= 15 is 0 Å². The maximum Gasteiger partial charge on any atom is 0.270 e. The molecule has 2 aromatic heterocycles. The fraction of sp³-hybridized carbons (Fsp3) is 0.400. The third-order valence-corrected chi connectivity index (χ3v) is 6.06. The Balaban J connectivity index is 1.20. The Kier molecular flexibility index (Phi) is 6.85. The summed E-state index contributed by atoms with van der Waals surface area (Å²) in [5.74, 6) is 0.0165. The van der Waals surface area contributed by atoms with Gasteiger partial charge >= 0.3 is 0 Å². The Morgan fingerprint density at radius 1 is 1.00 bits per heavy atom. The average Bonchev–Trinajstić information content (AvgIpc) is 3.15. The number of hydrogen-bond donors (Lipinski definition) is 1. The van der Waals surface area contributed by atoms with Crippen LogP contribution in [-0.2, 0) is 11.3 Å². The van der Waals surface area contributed by atoms with Gasteiger partial charge in [-0.25, -0.2) is 4.98 Å². The number of amides is 2. The van der Waals surface area contributed by atoms with Crippen molar-refractivity contribution in [2.75, 3.05) is 32.7 Å². The SMILES string of the molecule is Cc1nc2c(C)cccn2c1C(=O)NCCCC(=O)N1CCN(Cc2ccccc2)CC1. The molecule has 32 heavy (non-hydrogen) atoms. The predicted molar refractivity (Wildman–Crippen MR) is 125 cm³/mol. The maximum atomic E-state index is 12.7. The highest BCUT2D eigenvalue weighted by atomic mass is 16.2. The molecule has 0 unspecified atom stereocenters. The molecule has 1 aliphatic heterocycles. The second-order valence-corrected chi connectivity index (χ2v) is 8.43. The molecule has 0 bridgehead atoms. The Bertz CT molecular complexity index is 1080. The van der Waals surface area contributed by atoms with E-state index in [-0.39, 0.29) is 11.8 Å². The summed E-state index contributed by atoms with van der Waals surface area (Å²) >= 11 is 0. The van der Waals surface area contributed by atoms with E-state index in [1.54, 1.807) is 0 Å². The van der Waals surface area contributed by atoms with Gasteiger partial charge in [0.2, 0.25) is 5.91 Å². The number of aromatic nitrogens is 2. The number of rotatable bonds is 7. The third-order valence-electron chi connectivity index (χ3n) is 6.06. The number of carbonyl (C=O) groups excluding carboxylic acids is 2. The van der Waals surface area contributed by atoms with Crippen LogP contribution in [0.1, 0.15) is 40.2 Å². The average molecular weight is 434 g/mol. The fourth-order valence-electron chi connectivity index (χ4n) is 4.27. The normalized spacial score (nSPS) is 14.6. The zero-order valence-corrected chi connectivity index (χ0v) is 18.9. The van der Waals surface area contributed by atoms with Crippen LogP contribution in [0.4, 0.5) is 0 Å². The van der Waals surface area contributed by atoms with Gasteiger partial charge in [-0.2, -0.15) is 0 Å². The van der Waals surface area contributed by atoms with E-state index in [4.69, 9.17) is 0 Å².